The summed E-state index contributed by atoms with van der Waals surface area (Å²) < 4.78 is 12.9. The molecule has 0 amide bonds. The molecule has 272 valence electrons. The molecule has 0 radical (unpaired) electrons. The average molecular weight is 744 g/mol. The number of rotatable bonds is 10. The Morgan fingerprint density at radius 1 is 0.510 bits per heavy atom. The van der Waals surface area contributed by atoms with E-state index in [-0.39, 0.29) is 11.5 Å². The van der Waals surface area contributed by atoms with Crippen molar-refractivity contribution in [3.63, 3.8) is 0 Å². The second kappa shape index (κ2) is 15.2. The van der Waals surface area contributed by atoms with Crippen LogP contribution in [-0.4, -0.2) is 13.6 Å². The van der Waals surface area contributed by atoms with E-state index in [1.807, 2.05) is 0 Å². The van der Waals surface area contributed by atoms with Gasteiger partial charge in [0.15, 0.2) is 0 Å². The van der Waals surface area contributed by atoms with Gasteiger partial charge in [-0.1, -0.05) is 0 Å². The summed E-state index contributed by atoms with van der Waals surface area (Å²) in [6.07, 6.45) is -0.102. The first-order chi connectivity index (χ1) is 23.9. The first kappa shape index (κ1) is 39.3. The van der Waals surface area contributed by atoms with Crippen LogP contribution in [-0.2, 0) is 3.76 Å². The van der Waals surface area contributed by atoms with E-state index in [9.17, 15) is 0 Å². The van der Waals surface area contributed by atoms with Crippen molar-refractivity contribution in [2.45, 2.75) is 145 Å². The standard InChI is InChI=1S/C49H66GeO/c1-30(2)38-26-40(32(5)6)45(41(27-38)33(7)8)50(46-42(34(9)10)28-39(31(3)4)29-43(46)35(11)12)47(48(51-50)37-24-20-17-21-25-37)44(49(13,14)15)36-22-18-16-19-23-36/h16-35,48H,1-15H3. The van der Waals surface area contributed by atoms with Gasteiger partial charge in [0.1, 0.15) is 0 Å². The van der Waals surface area contributed by atoms with Crippen LogP contribution in [0.15, 0.2) is 89.3 Å². The van der Waals surface area contributed by atoms with Crippen molar-refractivity contribution >= 4 is 28.0 Å². The molecular weight excluding hydrogens is 677 g/mol. The van der Waals surface area contributed by atoms with Gasteiger partial charge in [0.25, 0.3) is 0 Å². The monoisotopic (exact) mass is 744 g/mol. The number of benzene rings is 4. The molecule has 1 nitrogen and oxygen atoms in total. The van der Waals surface area contributed by atoms with E-state index in [4.69, 9.17) is 3.76 Å². The predicted molar refractivity (Wildman–Crippen MR) is 226 cm³/mol. The zero-order chi connectivity index (χ0) is 37.6. The third-order valence-electron chi connectivity index (χ3n) is 11.1. The molecule has 0 spiro atoms. The molecule has 1 unspecified atom stereocenters. The summed E-state index contributed by atoms with van der Waals surface area (Å²) in [7, 11) is 0. The van der Waals surface area contributed by atoms with Crippen molar-refractivity contribution in [2.75, 3.05) is 0 Å². The fourth-order valence-corrected chi connectivity index (χ4v) is 21.3. The summed E-state index contributed by atoms with van der Waals surface area (Å²) in [5.74, 6) is 2.32. The Morgan fingerprint density at radius 2 is 0.863 bits per heavy atom. The van der Waals surface area contributed by atoms with Crippen molar-refractivity contribution in [3.05, 3.63) is 134 Å². The van der Waals surface area contributed by atoms with Gasteiger partial charge in [0.2, 0.25) is 0 Å². The quantitative estimate of drug-likeness (QED) is 0.147. The summed E-state index contributed by atoms with van der Waals surface area (Å²) in [4.78, 5) is 0. The second-order valence-corrected chi connectivity index (χ2v) is 24.7. The minimum absolute atomic E-state index is 0.102. The van der Waals surface area contributed by atoms with Crippen molar-refractivity contribution in [1.29, 1.82) is 0 Å². The van der Waals surface area contributed by atoms with Crippen LogP contribution >= 0.6 is 0 Å². The fraction of sp³-hybridized carbons (Fsp3) is 0.469. The van der Waals surface area contributed by atoms with Gasteiger partial charge in [0.05, 0.1) is 0 Å². The molecule has 1 fully saturated rings. The Hall–Kier alpha value is -2.88. The SMILES string of the molecule is CC(C)c1cc(C(C)C)[c]([Ge]2([c]3c(C(C)C)cc(C(C)C)cc3C(C)C)[O]C(c3ccccc3)[C]2=C(c2ccccc2)C(C)(C)C)c(C(C)C)c1. The second-order valence-electron chi connectivity index (χ2n) is 18.1. The zero-order valence-corrected chi connectivity index (χ0v) is 36.6. The molecule has 0 aliphatic carbocycles. The molecule has 4 aromatic rings. The Balaban J connectivity index is 2.16. The molecule has 1 heterocycles. The Kier molecular flexibility index (Phi) is 11.7. The Bertz CT molecular complexity index is 1710. The minimum atomic E-state index is -4.03. The van der Waals surface area contributed by atoms with Crippen molar-refractivity contribution in [1.82, 2.24) is 0 Å². The van der Waals surface area contributed by atoms with E-state index in [0.717, 1.165) is 0 Å². The van der Waals surface area contributed by atoms with Gasteiger partial charge in [-0.05, 0) is 0 Å². The third kappa shape index (κ3) is 7.37. The van der Waals surface area contributed by atoms with Gasteiger partial charge in [-0.2, -0.15) is 0 Å². The van der Waals surface area contributed by atoms with E-state index in [0.29, 0.717) is 35.5 Å². The average Bonchev–Trinajstić information content (AvgIpc) is 3.06. The third-order valence-corrected chi connectivity index (χ3v) is 20.4. The van der Waals surface area contributed by atoms with E-state index in [2.05, 4.69) is 189 Å². The molecule has 1 aliphatic rings. The molecular formula is C49H66GeO. The van der Waals surface area contributed by atoms with Gasteiger partial charge in [-0.3, -0.25) is 0 Å². The van der Waals surface area contributed by atoms with E-state index in [1.54, 1.807) is 13.2 Å². The summed E-state index contributed by atoms with van der Waals surface area (Å²) in [6, 6.07) is 32.7. The molecule has 1 saturated heterocycles. The van der Waals surface area contributed by atoms with Crippen molar-refractivity contribution < 1.29 is 3.76 Å². The summed E-state index contributed by atoms with van der Waals surface area (Å²) >= 11 is -4.03. The molecule has 0 aromatic heterocycles. The van der Waals surface area contributed by atoms with Crippen LogP contribution < -0.4 is 8.79 Å². The molecule has 0 N–H and O–H groups in total. The number of hydrogen-bond acceptors (Lipinski definition) is 1. The normalized spacial score (nSPS) is 17.3. The van der Waals surface area contributed by atoms with Crippen LogP contribution in [0.5, 0.6) is 0 Å². The van der Waals surface area contributed by atoms with E-state index < -0.39 is 13.6 Å². The Morgan fingerprint density at radius 3 is 1.18 bits per heavy atom. The molecule has 0 bridgehead atoms. The van der Waals surface area contributed by atoms with Crippen molar-refractivity contribution in [3.8, 4) is 0 Å². The van der Waals surface area contributed by atoms with Crippen LogP contribution in [0.25, 0.3) is 5.57 Å². The molecule has 2 heteroatoms. The van der Waals surface area contributed by atoms with E-state index >= 15 is 0 Å². The molecule has 51 heavy (non-hydrogen) atoms. The maximum atomic E-state index is 8.19. The maximum absolute atomic E-state index is 8.19. The molecule has 5 rings (SSSR count). The summed E-state index contributed by atoms with van der Waals surface area (Å²) in [5, 5.41) is 0. The van der Waals surface area contributed by atoms with E-state index in [1.165, 1.54) is 50.1 Å². The van der Waals surface area contributed by atoms with Gasteiger partial charge in [0, 0.05) is 0 Å². The molecule has 1 aliphatic heterocycles. The first-order valence-electron chi connectivity index (χ1n) is 19.8. The van der Waals surface area contributed by atoms with Crippen LogP contribution in [0.2, 0.25) is 0 Å². The predicted octanol–water partition coefficient (Wildman–Crippen LogP) is 13.3. The molecule has 0 saturated carbocycles. The van der Waals surface area contributed by atoms with Gasteiger partial charge < -0.3 is 0 Å². The van der Waals surface area contributed by atoms with Gasteiger partial charge >= 0.3 is 316 Å². The number of allylic oxidation sites excluding steroid dienone is 1. The van der Waals surface area contributed by atoms with Crippen LogP contribution in [0, 0.1) is 5.41 Å². The number of hydrogen-bond donors (Lipinski definition) is 0. The molecule has 4 aromatic carbocycles. The van der Waals surface area contributed by atoms with Crippen LogP contribution in [0.1, 0.15) is 190 Å². The molecule has 1 atom stereocenters. The van der Waals surface area contributed by atoms with Crippen molar-refractivity contribution in [2.24, 2.45) is 5.41 Å². The van der Waals surface area contributed by atoms with Gasteiger partial charge in [-0.25, -0.2) is 0 Å². The Labute approximate surface area is 315 Å². The fourth-order valence-electron chi connectivity index (χ4n) is 8.43. The van der Waals surface area contributed by atoms with Crippen LogP contribution in [0.3, 0.4) is 0 Å². The summed E-state index contributed by atoms with van der Waals surface area (Å²) in [5.41, 5.74) is 12.8. The summed E-state index contributed by atoms with van der Waals surface area (Å²) in [6.45, 7) is 36.0. The first-order valence-corrected chi connectivity index (χ1v) is 23.8. The van der Waals surface area contributed by atoms with Gasteiger partial charge in [-0.15, -0.1) is 0 Å². The zero-order valence-electron chi connectivity index (χ0n) is 34.5. The topological polar surface area (TPSA) is 9.23 Å². The van der Waals surface area contributed by atoms with Crippen LogP contribution in [0.4, 0.5) is 0 Å².